The number of carboxylic acid groups (broad SMARTS) is 1. The van der Waals surface area contributed by atoms with E-state index in [0.29, 0.717) is 19.4 Å². The summed E-state index contributed by atoms with van der Waals surface area (Å²) in [5.74, 6) is -1.32. The lowest BCUT2D eigenvalue weighted by Crippen LogP contribution is -2.48. The molecule has 0 saturated carbocycles. The third kappa shape index (κ3) is 6.19. The van der Waals surface area contributed by atoms with E-state index < -0.39 is 18.1 Å². The van der Waals surface area contributed by atoms with Gasteiger partial charge in [0.15, 0.2) is 0 Å². The number of hydrogen-bond acceptors (Lipinski definition) is 5. The highest BCUT2D eigenvalue weighted by atomic mass is 16.5. The molecule has 1 rings (SSSR count). The average molecular weight is 279 g/mol. The van der Waals surface area contributed by atoms with Gasteiger partial charge in [0, 0.05) is 0 Å². The molecule has 1 atom stereocenters. The first kappa shape index (κ1) is 16.0. The first-order valence-corrected chi connectivity index (χ1v) is 6.51. The number of aliphatic carboxylic acids is 1. The fourth-order valence-electron chi connectivity index (χ4n) is 1.65. The molecule has 0 saturated heterocycles. The highest BCUT2D eigenvalue weighted by Gasteiger charge is 2.13. The topological polar surface area (TPSA) is 104 Å². The van der Waals surface area contributed by atoms with Gasteiger partial charge in [-0.3, -0.25) is 0 Å². The molecule has 6 nitrogen and oxygen atoms in total. The van der Waals surface area contributed by atoms with E-state index >= 15 is 0 Å². The van der Waals surface area contributed by atoms with Gasteiger partial charge in [0.1, 0.15) is 6.61 Å². The molecular weight excluding hydrogens is 260 g/mol. The van der Waals surface area contributed by atoms with E-state index in [9.17, 15) is 14.7 Å². The summed E-state index contributed by atoms with van der Waals surface area (Å²) >= 11 is 0. The van der Waals surface area contributed by atoms with Crippen molar-refractivity contribution in [3.8, 4) is 0 Å². The van der Waals surface area contributed by atoms with Crippen LogP contribution in [-0.2, 0) is 16.1 Å². The van der Waals surface area contributed by atoms with Gasteiger partial charge < -0.3 is 25.7 Å². The van der Waals surface area contributed by atoms with E-state index in [1.54, 1.807) is 0 Å². The lowest BCUT2D eigenvalue weighted by Gasteiger charge is -2.19. The second kappa shape index (κ2) is 8.92. The van der Waals surface area contributed by atoms with Crippen molar-refractivity contribution in [1.29, 1.82) is 0 Å². The van der Waals surface area contributed by atoms with Gasteiger partial charge in [-0.15, -0.1) is 0 Å². The van der Waals surface area contributed by atoms with Crippen LogP contribution in [0.25, 0.3) is 0 Å². The molecule has 0 aromatic heterocycles. The number of benzene rings is 1. The van der Waals surface area contributed by atoms with Crippen LogP contribution in [0.1, 0.15) is 24.8 Å². The van der Waals surface area contributed by atoms with Crippen molar-refractivity contribution in [1.82, 2.24) is 5.32 Å². The predicted molar refractivity (Wildman–Crippen MR) is 71.5 cm³/mol. The summed E-state index contributed by atoms with van der Waals surface area (Å²) in [6.45, 7) is 0.577. The Labute approximate surface area is 117 Å². The normalized spacial score (nSPS) is 11.7. The highest BCUT2D eigenvalue weighted by molar-refractivity contribution is 5.78. The van der Waals surface area contributed by atoms with Crippen LogP contribution in [0.5, 0.6) is 0 Å². The molecule has 0 fully saturated rings. The van der Waals surface area contributed by atoms with Crippen molar-refractivity contribution < 1.29 is 19.4 Å². The first-order valence-electron chi connectivity index (χ1n) is 6.51. The van der Waals surface area contributed by atoms with Gasteiger partial charge in [-0.2, -0.15) is 0 Å². The van der Waals surface area contributed by atoms with Crippen molar-refractivity contribution in [3.05, 3.63) is 35.9 Å². The van der Waals surface area contributed by atoms with Crippen LogP contribution in [0.2, 0.25) is 0 Å². The molecule has 1 aromatic rings. The number of hydrogen-bond donors (Lipinski definition) is 2. The smallest absolute Gasteiger partial charge is 0.407 e. The Morgan fingerprint density at radius 3 is 2.55 bits per heavy atom. The molecule has 0 radical (unpaired) electrons. The Kier molecular flexibility index (Phi) is 7.13. The highest BCUT2D eigenvalue weighted by Crippen LogP contribution is 2.03. The monoisotopic (exact) mass is 279 g/mol. The Balaban J connectivity index is 2.36. The number of alkyl carbamates (subject to hydrolysis) is 1. The number of nitrogens with two attached hydrogens (primary N) is 1. The summed E-state index contributed by atoms with van der Waals surface area (Å²) in [5, 5.41) is 13.2. The first-order chi connectivity index (χ1) is 9.63. The van der Waals surface area contributed by atoms with Crippen molar-refractivity contribution in [2.75, 3.05) is 6.54 Å². The molecule has 1 aromatic carbocycles. The Morgan fingerprint density at radius 2 is 1.95 bits per heavy atom. The molecule has 3 N–H and O–H groups in total. The fraction of sp³-hybridized carbons (Fsp3) is 0.429. The van der Waals surface area contributed by atoms with E-state index in [1.807, 2.05) is 30.3 Å². The van der Waals surface area contributed by atoms with Crippen molar-refractivity contribution in [3.63, 3.8) is 0 Å². The van der Waals surface area contributed by atoms with Crippen LogP contribution >= 0.6 is 0 Å². The molecule has 0 aliphatic rings. The second-order valence-corrected chi connectivity index (χ2v) is 4.36. The standard InChI is InChI=1S/C14H20N2O4/c15-9-5-4-8-12(13(17)18)16-14(19)20-10-11-6-2-1-3-7-11/h1-3,6-7,12H,4-5,8-10,15H2,(H,16,19)(H,17,18)/p-1/t12-/m0/s1. The SMILES string of the molecule is NCCCC[C@H](NC(=O)OCc1ccccc1)C(=O)[O-]. The van der Waals surface area contributed by atoms with Crippen molar-refractivity contribution >= 4 is 12.1 Å². The molecule has 0 aliphatic carbocycles. The van der Waals surface area contributed by atoms with E-state index in [2.05, 4.69) is 5.32 Å². The van der Waals surface area contributed by atoms with Crippen molar-refractivity contribution in [2.45, 2.75) is 31.9 Å². The molecule has 1 amide bonds. The number of nitrogens with one attached hydrogen (secondary N) is 1. The molecule has 110 valence electrons. The van der Waals surface area contributed by atoms with Crippen LogP contribution in [0.15, 0.2) is 30.3 Å². The van der Waals surface area contributed by atoms with Gasteiger partial charge in [-0.05, 0) is 31.4 Å². The van der Waals surface area contributed by atoms with Gasteiger partial charge >= 0.3 is 6.09 Å². The average Bonchev–Trinajstić information content (AvgIpc) is 2.45. The predicted octanol–water partition coefficient (Wildman–Crippen LogP) is 0.160. The Morgan fingerprint density at radius 1 is 1.25 bits per heavy atom. The number of carbonyl (C=O) groups excluding carboxylic acids is 2. The minimum atomic E-state index is -1.32. The van der Waals surface area contributed by atoms with E-state index in [-0.39, 0.29) is 13.0 Å². The molecule has 6 heteroatoms. The zero-order chi connectivity index (χ0) is 14.8. The summed E-state index contributed by atoms with van der Waals surface area (Å²) in [6.07, 6.45) is 0.814. The summed E-state index contributed by atoms with van der Waals surface area (Å²) in [6, 6.07) is 8.08. The van der Waals surface area contributed by atoms with Crippen LogP contribution in [-0.4, -0.2) is 24.6 Å². The Bertz CT molecular complexity index is 422. The summed E-state index contributed by atoms with van der Waals surface area (Å²) < 4.78 is 4.95. The van der Waals surface area contributed by atoms with Crippen LogP contribution < -0.4 is 16.2 Å². The summed E-state index contributed by atoms with van der Waals surface area (Å²) in [7, 11) is 0. The van der Waals surface area contributed by atoms with Crippen LogP contribution in [0.3, 0.4) is 0 Å². The molecule has 20 heavy (non-hydrogen) atoms. The number of unbranched alkanes of at least 4 members (excludes halogenated alkanes) is 1. The van der Waals surface area contributed by atoms with Gasteiger partial charge in [0.2, 0.25) is 0 Å². The number of amides is 1. The largest absolute Gasteiger partial charge is 0.548 e. The molecule has 0 aliphatic heterocycles. The lowest BCUT2D eigenvalue weighted by molar-refractivity contribution is -0.308. The molecule has 0 spiro atoms. The van der Waals surface area contributed by atoms with Gasteiger partial charge in [0.05, 0.1) is 12.0 Å². The molecular formula is C14H19N2O4-. The van der Waals surface area contributed by atoms with Crippen molar-refractivity contribution in [2.24, 2.45) is 5.73 Å². The minimum absolute atomic E-state index is 0.0925. The Hall–Kier alpha value is -2.08. The zero-order valence-corrected chi connectivity index (χ0v) is 11.2. The zero-order valence-electron chi connectivity index (χ0n) is 11.2. The summed E-state index contributed by atoms with van der Waals surface area (Å²) in [5.41, 5.74) is 6.16. The molecule has 0 bridgehead atoms. The maximum Gasteiger partial charge on any atom is 0.407 e. The number of carbonyl (C=O) groups is 2. The number of ether oxygens (including phenoxy) is 1. The van der Waals surface area contributed by atoms with Gasteiger partial charge in [0.25, 0.3) is 0 Å². The molecule has 0 heterocycles. The summed E-state index contributed by atoms with van der Waals surface area (Å²) in [4.78, 5) is 22.4. The number of rotatable bonds is 8. The van der Waals surface area contributed by atoms with E-state index in [0.717, 1.165) is 5.56 Å². The van der Waals surface area contributed by atoms with Gasteiger partial charge in [-0.1, -0.05) is 30.3 Å². The van der Waals surface area contributed by atoms with Gasteiger partial charge in [-0.25, -0.2) is 4.79 Å². The third-order valence-electron chi connectivity index (χ3n) is 2.74. The molecule has 0 unspecified atom stereocenters. The lowest BCUT2D eigenvalue weighted by atomic mass is 10.1. The maximum absolute atomic E-state index is 11.5. The third-order valence-corrected chi connectivity index (χ3v) is 2.74. The number of carboxylic acids is 1. The van der Waals surface area contributed by atoms with E-state index in [1.165, 1.54) is 0 Å². The van der Waals surface area contributed by atoms with Crippen LogP contribution in [0, 0.1) is 0 Å². The second-order valence-electron chi connectivity index (χ2n) is 4.36. The van der Waals surface area contributed by atoms with Crippen LogP contribution in [0.4, 0.5) is 4.79 Å². The maximum atomic E-state index is 11.5. The quantitative estimate of drug-likeness (QED) is 0.660. The van der Waals surface area contributed by atoms with E-state index in [4.69, 9.17) is 10.5 Å². The fourth-order valence-corrected chi connectivity index (χ4v) is 1.65. The minimum Gasteiger partial charge on any atom is -0.548 e.